The molecule has 2 rings (SSSR count). The zero-order chi connectivity index (χ0) is 17.9. The molecule has 0 radical (unpaired) electrons. The molecule has 0 saturated carbocycles. The number of hydrogen-bond acceptors (Lipinski definition) is 4. The van der Waals surface area contributed by atoms with Gasteiger partial charge in [-0.1, -0.05) is 24.3 Å². The van der Waals surface area contributed by atoms with Crippen molar-refractivity contribution in [3.63, 3.8) is 0 Å². The fourth-order valence-electron chi connectivity index (χ4n) is 2.30. The molecular weight excluding hydrogens is 331 g/mol. The monoisotopic (exact) mass is 348 g/mol. The largest absolute Gasteiger partial charge is 0.465 e. The summed E-state index contributed by atoms with van der Waals surface area (Å²) in [6.45, 7) is 1.73. The van der Waals surface area contributed by atoms with Crippen LogP contribution in [-0.2, 0) is 19.4 Å². The maximum Gasteiger partial charge on any atom is 0.338 e. The molecule has 4 nitrogen and oxygen atoms in total. The lowest BCUT2D eigenvalue weighted by Gasteiger charge is -2.12. The Morgan fingerprint density at radius 3 is 1.92 bits per heavy atom. The van der Waals surface area contributed by atoms with E-state index in [2.05, 4.69) is 0 Å². The molecule has 0 aromatic heterocycles. The second-order valence-corrected chi connectivity index (χ2v) is 7.31. The standard InChI is InChI=1S/C18H17FO4S/c1-12(13-6-10-16(11-7-13)24(3,21)22)17(18(20)23-2)14-4-8-15(19)9-5-14/h4-11H,1-3H3. The molecule has 0 atom stereocenters. The second-order valence-electron chi connectivity index (χ2n) is 5.30. The van der Waals surface area contributed by atoms with Crippen LogP contribution in [0.3, 0.4) is 0 Å². The number of sulfone groups is 1. The Kier molecular flexibility index (Phi) is 5.19. The van der Waals surface area contributed by atoms with Gasteiger partial charge in [-0.15, -0.1) is 0 Å². The fraction of sp³-hybridized carbons (Fsp3) is 0.167. The minimum absolute atomic E-state index is 0.195. The van der Waals surface area contributed by atoms with Crippen molar-refractivity contribution in [3.8, 4) is 0 Å². The molecule has 0 bridgehead atoms. The van der Waals surface area contributed by atoms with Gasteiger partial charge in [-0.25, -0.2) is 17.6 Å². The fourth-order valence-corrected chi connectivity index (χ4v) is 2.93. The van der Waals surface area contributed by atoms with Crippen molar-refractivity contribution in [3.05, 3.63) is 65.5 Å². The van der Waals surface area contributed by atoms with E-state index in [4.69, 9.17) is 4.74 Å². The van der Waals surface area contributed by atoms with Gasteiger partial charge in [0.05, 0.1) is 17.6 Å². The Balaban J connectivity index is 2.57. The summed E-state index contributed by atoms with van der Waals surface area (Å²) < 4.78 is 41.0. The van der Waals surface area contributed by atoms with Crippen LogP contribution in [0.2, 0.25) is 0 Å². The average molecular weight is 348 g/mol. The van der Waals surface area contributed by atoms with Crippen LogP contribution in [0.4, 0.5) is 4.39 Å². The highest BCUT2D eigenvalue weighted by Crippen LogP contribution is 2.28. The number of hydrogen-bond donors (Lipinski definition) is 0. The van der Waals surface area contributed by atoms with E-state index in [1.165, 1.54) is 43.5 Å². The summed E-state index contributed by atoms with van der Waals surface area (Å²) in [6, 6.07) is 11.7. The molecule has 0 aliphatic heterocycles. The topological polar surface area (TPSA) is 60.4 Å². The smallest absolute Gasteiger partial charge is 0.338 e. The number of carbonyl (C=O) groups is 1. The molecule has 126 valence electrons. The number of halogens is 1. The molecule has 0 unspecified atom stereocenters. The summed E-state index contributed by atoms with van der Waals surface area (Å²) in [4.78, 5) is 12.4. The van der Waals surface area contributed by atoms with E-state index in [1.807, 2.05) is 0 Å². The molecule has 2 aromatic carbocycles. The van der Waals surface area contributed by atoms with Crippen LogP contribution in [0.5, 0.6) is 0 Å². The number of ether oxygens (including phenoxy) is 1. The summed E-state index contributed by atoms with van der Waals surface area (Å²) in [6.07, 6.45) is 1.13. The van der Waals surface area contributed by atoms with Gasteiger partial charge in [0.1, 0.15) is 5.82 Å². The van der Waals surface area contributed by atoms with E-state index in [9.17, 15) is 17.6 Å². The number of allylic oxidation sites excluding steroid dienone is 1. The third-order valence-electron chi connectivity index (χ3n) is 3.61. The van der Waals surface area contributed by atoms with Gasteiger partial charge >= 0.3 is 5.97 Å². The van der Waals surface area contributed by atoms with Gasteiger partial charge in [0.15, 0.2) is 9.84 Å². The Morgan fingerprint density at radius 2 is 1.46 bits per heavy atom. The molecule has 2 aromatic rings. The normalized spacial score (nSPS) is 12.5. The van der Waals surface area contributed by atoms with E-state index in [1.54, 1.807) is 19.1 Å². The molecule has 0 amide bonds. The van der Waals surface area contributed by atoms with Crippen LogP contribution in [0.25, 0.3) is 11.1 Å². The number of carbonyl (C=O) groups excluding carboxylic acids is 1. The first-order valence-electron chi connectivity index (χ1n) is 7.09. The Bertz CT molecular complexity index is 880. The lowest BCUT2D eigenvalue weighted by atomic mass is 9.96. The maximum absolute atomic E-state index is 13.1. The van der Waals surface area contributed by atoms with Crippen molar-refractivity contribution in [1.82, 2.24) is 0 Å². The Labute approximate surface area is 140 Å². The van der Waals surface area contributed by atoms with E-state index < -0.39 is 21.6 Å². The first-order chi connectivity index (χ1) is 11.2. The van der Waals surface area contributed by atoms with Crippen molar-refractivity contribution in [2.24, 2.45) is 0 Å². The highest BCUT2D eigenvalue weighted by atomic mass is 32.2. The molecule has 0 fully saturated rings. The SMILES string of the molecule is COC(=O)C(=C(C)c1ccc(S(C)(=O)=O)cc1)c1ccc(F)cc1. The van der Waals surface area contributed by atoms with Crippen molar-refractivity contribution < 1.29 is 22.3 Å². The van der Waals surface area contributed by atoms with Gasteiger partial charge in [0.25, 0.3) is 0 Å². The number of esters is 1. The first-order valence-corrected chi connectivity index (χ1v) is 8.99. The molecule has 0 aliphatic carbocycles. The first kappa shape index (κ1) is 17.9. The Morgan fingerprint density at radius 1 is 0.958 bits per heavy atom. The third kappa shape index (κ3) is 3.89. The third-order valence-corrected chi connectivity index (χ3v) is 4.74. The molecule has 0 spiro atoms. The summed E-state index contributed by atoms with van der Waals surface area (Å²) in [5.74, 6) is -0.954. The second kappa shape index (κ2) is 6.97. The Hall–Kier alpha value is -2.47. The van der Waals surface area contributed by atoms with Gasteiger partial charge in [-0.05, 0) is 47.9 Å². The zero-order valence-electron chi connectivity index (χ0n) is 13.5. The molecule has 6 heteroatoms. The van der Waals surface area contributed by atoms with Crippen molar-refractivity contribution in [2.75, 3.05) is 13.4 Å². The van der Waals surface area contributed by atoms with Crippen molar-refractivity contribution >= 4 is 27.0 Å². The molecule has 0 N–H and O–H groups in total. The van der Waals surface area contributed by atoms with Crippen LogP contribution in [0.1, 0.15) is 18.1 Å². The quantitative estimate of drug-likeness (QED) is 0.483. The van der Waals surface area contributed by atoms with Gasteiger partial charge < -0.3 is 4.74 Å². The zero-order valence-corrected chi connectivity index (χ0v) is 14.4. The lowest BCUT2D eigenvalue weighted by Crippen LogP contribution is -2.06. The number of benzene rings is 2. The van der Waals surface area contributed by atoms with Gasteiger partial charge in [-0.2, -0.15) is 0 Å². The van der Waals surface area contributed by atoms with E-state index in [0.717, 1.165) is 6.26 Å². The highest BCUT2D eigenvalue weighted by Gasteiger charge is 2.17. The van der Waals surface area contributed by atoms with Crippen LogP contribution in [-0.4, -0.2) is 27.8 Å². The molecule has 0 heterocycles. The average Bonchev–Trinajstić information content (AvgIpc) is 2.55. The van der Waals surface area contributed by atoms with Gasteiger partial charge in [0, 0.05) is 6.26 Å². The molecule has 0 aliphatic rings. The van der Waals surface area contributed by atoms with E-state index in [0.29, 0.717) is 22.3 Å². The van der Waals surface area contributed by atoms with Gasteiger partial charge in [0.2, 0.25) is 0 Å². The van der Waals surface area contributed by atoms with Crippen LogP contribution in [0.15, 0.2) is 53.4 Å². The van der Waals surface area contributed by atoms with Crippen molar-refractivity contribution in [1.29, 1.82) is 0 Å². The number of rotatable bonds is 4. The van der Waals surface area contributed by atoms with Crippen LogP contribution < -0.4 is 0 Å². The minimum atomic E-state index is -3.29. The highest BCUT2D eigenvalue weighted by molar-refractivity contribution is 7.90. The van der Waals surface area contributed by atoms with Crippen LogP contribution >= 0.6 is 0 Å². The van der Waals surface area contributed by atoms with E-state index in [-0.39, 0.29) is 4.90 Å². The van der Waals surface area contributed by atoms with Crippen LogP contribution in [0, 0.1) is 5.82 Å². The minimum Gasteiger partial charge on any atom is -0.465 e. The summed E-state index contributed by atoms with van der Waals surface area (Å²) in [5, 5.41) is 0. The lowest BCUT2D eigenvalue weighted by molar-refractivity contribution is -0.133. The molecule has 0 saturated heterocycles. The molecular formula is C18H17FO4S. The number of methoxy groups -OCH3 is 1. The predicted molar refractivity (Wildman–Crippen MR) is 90.5 cm³/mol. The van der Waals surface area contributed by atoms with Crippen molar-refractivity contribution in [2.45, 2.75) is 11.8 Å². The van der Waals surface area contributed by atoms with E-state index >= 15 is 0 Å². The predicted octanol–water partition coefficient (Wildman–Crippen LogP) is 3.33. The summed E-state index contributed by atoms with van der Waals surface area (Å²) in [7, 11) is -2.02. The maximum atomic E-state index is 13.1. The molecule has 24 heavy (non-hydrogen) atoms. The summed E-state index contributed by atoms with van der Waals surface area (Å²) in [5.41, 5.74) is 2.10. The summed E-state index contributed by atoms with van der Waals surface area (Å²) >= 11 is 0. The van der Waals surface area contributed by atoms with Gasteiger partial charge in [-0.3, -0.25) is 0 Å².